The van der Waals surface area contributed by atoms with E-state index in [-0.39, 0.29) is 5.41 Å². The van der Waals surface area contributed by atoms with Crippen LogP contribution in [0.1, 0.15) is 51.0 Å². The molecule has 15 heavy (non-hydrogen) atoms. The van der Waals surface area contributed by atoms with Crippen LogP contribution in [-0.2, 0) is 5.41 Å². The van der Waals surface area contributed by atoms with Crippen LogP contribution in [0.15, 0.2) is 12.4 Å². The molecule has 0 saturated carbocycles. The molecule has 1 aliphatic rings. The van der Waals surface area contributed by atoms with Crippen molar-refractivity contribution >= 4 is 0 Å². The van der Waals surface area contributed by atoms with Crippen molar-refractivity contribution in [2.45, 2.75) is 45.1 Å². The quantitative estimate of drug-likeness (QED) is 0.763. The van der Waals surface area contributed by atoms with Gasteiger partial charge in [0.05, 0.1) is 5.69 Å². The maximum absolute atomic E-state index is 4.36. The SMILES string of the molecule is CC(C)(C)c1cc(C2CCCN2)ncn1. The Balaban J connectivity index is 2.26. The second-order valence-corrected chi connectivity index (χ2v) is 5.23. The Morgan fingerprint density at radius 2 is 2.13 bits per heavy atom. The molecule has 1 atom stereocenters. The normalized spacial score (nSPS) is 21.9. The summed E-state index contributed by atoms with van der Waals surface area (Å²) in [6.45, 7) is 7.66. The summed E-state index contributed by atoms with van der Waals surface area (Å²) in [6.07, 6.45) is 4.13. The highest BCUT2D eigenvalue weighted by Gasteiger charge is 2.21. The lowest BCUT2D eigenvalue weighted by Gasteiger charge is -2.19. The van der Waals surface area contributed by atoms with Crippen LogP contribution in [0.2, 0.25) is 0 Å². The highest BCUT2D eigenvalue weighted by molar-refractivity contribution is 5.18. The van der Waals surface area contributed by atoms with Gasteiger partial charge in [0.2, 0.25) is 0 Å². The molecule has 3 nitrogen and oxygen atoms in total. The molecule has 0 aliphatic carbocycles. The molecule has 0 amide bonds. The molecule has 0 spiro atoms. The summed E-state index contributed by atoms with van der Waals surface area (Å²) in [5.74, 6) is 0. The Morgan fingerprint density at radius 1 is 1.33 bits per heavy atom. The second kappa shape index (κ2) is 3.89. The average molecular weight is 205 g/mol. The van der Waals surface area contributed by atoms with E-state index in [4.69, 9.17) is 0 Å². The molecule has 1 aromatic rings. The molecule has 0 radical (unpaired) electrons. The second-order valence-electron chi connectivity index (χ2n) is 5.23. The average Bonchev–Trinajstić information content (AvgIpc) is 2.69. The molecule has 2 heterocycles. The fourth-order valence-corrected chi connectivity index (χ4v) is 1.91. The Hall–Kier alpha value is -0.960. The molecule has 1 N–H and O–H groups in total. The number of hydrogen-bond acceptors (Lipinski definition) is 3. The minimum absolute atomic E-state index is 0.107. The highest BCUT2D eigenvalue weighted by Crippen LogP contribution is 2.25. The topological polar surface area (TPSA) is 37.8 Å². The minimum Gasteiger partial charge on any atom is -0.309 e. The maximum atomic E-state index is 4.36. The summed E-state index contributed by atoms with van der Waals surface area (Å²) < 4.78 is 0. The van der Waals surface area contributed by atoms with Gasteiger partial charge in [0, 0.05) is 17.2 Å². The summed E-state index contributed by atoms with van der Waals surface area (Å²) in [7, 11) is 0. The van der Waals surface area contributed by atoms with E-state index in [1.54, 1.807) is 6.33 Å². The summed E-state index contributed by atoms with van der Waals surface area (Å²) in [4.78, 5) is 8.70. The van der Waals surface area contributed by atoms with Crippen LogP contribution in [0.5, 0.6) is 0 Å². The van der Waals surface area contributed by atoms with Crippen molar-refractivity contribution in [3.05, 3.63) is 23.8 Å². The van der Waals surface area contributed by atoms with Gasteiger partial charge in [-0.05, 0) is 25.5 Å². The zero-order chi connectivity index (χ0) is 10.9. The summed E-state index contributed by atoms with van der Waals surface area (Å²) in [6, 6.07) is 2.58. The van der Waals surface area contributed by atoms with E-state index in [2.05, 4.69) is 42.1 Å². The third-order valence-corrected chi connectivity index (χ3v) is 2.87. The Labute approximate surface area is 91.3 Å². The fraction of sp³-hybridized carbons (Fsp3) is 0.667. The van der Waals surface area contributed by atoms with Gasteiger partial charge in [-0.25, -0.2) is 9.97 Å². The Kier molecular flexibility index (Phi) is 2.74. The molecule has 1 saturated heterocycles. The number of hydrogen-bond donors (Lipinski definition) is 1. The largest absolute Gasteiger partial charge is 0.309 e. The smallest absolute Gasteiger partial charge is 0.116 e. The zero-order valence-corrected chi connectivity index (χ0v) is 9.75. The third kappa shape index (κ3) is 2.34. The number of nitrogens with one attached hydrogen (secondary N) is 1. The van der Waals surface area contributed by atoms with Crippen LogP contribution < -0.4 is 5.32 Å². The predicted octanol–water partition coefficient (Wildman–Crippen LogP) is 2.20. The van der Waals surface area contributed by atoms with E-state index in [9.17, 15) is 0 Å². The first-order valence-electron chi connectivity index (χ1n) is 5.63. The molecule has 1 fully saturated rings. The van der Waals surface area contributed by atoms with Gasteiger partial charge < -0.3 is 5.32 Å². The standard InChI is InChI=1S/C12H19N3/c1-12(2,3)11-7-10(14-8-15-11)9-5-4-6-13-9/h7-9,13H,4-6H2,1-3H3. The van der Waals surface area contributed by atoms with Crippen molar-refractivity contribution in [1.82, 2.24) is 15.3 Å². The lowest BCUT2D eigenvalue weighted by Crippen LogP contribution is -2.18. The molecule has 3 heteroatoms. The molecule has 2 rings (SSSR count). The summed E-state index contributed by atoms with van der Waals surface area (Å²) in [5, 5.41) is 3.46. The first-order valence-corrected chi connectivity index (χ1v) is 5.63. The monoisotopic (exact) mass is 205 g/mol. The lowest BCUT2D eigenvalue weighted by molar-refractivity contribution is 0.556. The van der Waals surface area contributed by atoms with E-state index in [1.165, 1.54) is 12.8 Å². The molecular formula is C12H19N3. The molecule has 1 aliphatic heterocycles. The van der Waals surface area contributed by atoms with Crippen LogP contribution in [0.3, 0.4) is 0 Å². The van der Waals surface area contributed by atoms with Crippen molar-refractivity contribution < 1.29 is 0 Å². The highest BCUT2D eigenvalue weighted by atomic mass is 15.0. The molecule has 1 unspecified atom stereocenters. The molecular weight excluding hydrogens is 186 g/mol. The number of aromatic nitrogens is 2. The van der Waals surface area contributed by atoms with Gasteiger partial charge >= 0.3 is 0 Å². The first kappa shape index (κ1) is 10.6. The van der Waals surface area contributed by atoms with E-state index < -0.39 is 0 Å². The van der Waals surface area contributed by atoms with Gasteiger partial charge in [-0.2, -0.15) is 0 Å². The van der Waals surface area contributed by atoms with Crippen molar-refractivity contribution in [3.63, 3.8) is 0 Å². The van der Waals surface area contributed by atoms with Crippen molar-refractivity contribution in [2.24, 2.45) is 0 Å². The molecule has 1 aromatic heterocycles. The van der Waals surface area contributed by atoms with Crippen LogP contribution in [0, 0.1) is 0 Å². The van der Waals surface area contributed by atoms with E-state index in [1.807, 2.05) is 0 Å². The van der Waals surface area contributed by atoms with Crippen LogP contribution in [0.4, 0.5) is 0 Å². The van der Waals surface area contributed by atoms with E-state index in [0.717, 1.165) is 17.9 Å². The first-order chi connectivity index (χ1) is 7.07. The molecule has 82 valence electrons. The van der Waals surface area contributed by atoms with Crippen molar-refractivity contribution in [2.75, 3.05) is 6.54 Å². The Bertz CT molecular complexity index is 335. The van der Waals surface area contributed by atoms with Crippen molar-refractivity contribution in [1.29, 1.82) is 0 Å². The fourth-order valence-electron chi connectivity index (χ4n) is 1.91. The number of rotatable bonds is 1. The van der Waals surface area contributed by atoms with Gasteiger partial charge in [-0.1, -0.05) is 20.8 Å². The van der Waals surface area contributed by atoms with Gasteiger partial charge in [0.25, 0.3) is 0 Å². The molecule has 0 bridgehead atoms. The maximum Gasteiger partial charge on any atom is 0.116 e. The van der Waals surface area contributed by atoms with E-state index in [0.29, 0.717) is 6.04 Å². The number of nitrogens with zero attached hydrogens (tertiary/aromatic N) is 2. The predicted molar refractivity (Wildman–Crippen MR) is 60.7 cm³/mol. The molecule has 0 aromatic carbocycles. The Morgan fingerprint density at radius 3 is 2.73 bits per heavy atom. The van der Waals surface area contributed by atoms with Gasteiger partial charge in [0.1, 0.15) is 6.33 Å². The third-order valence-electron chi connectivity index (χ3n) is 2.87. The summed E-state index contributed by atoms with van der Waals surface area (Å²) in [5.41, 5.74) is 2.38. The van der Waals surface area contributed by atoms with Crippen molar-refractivity contribution in [3.8, 4) is 0 Å². The van der Waals surface area contributed by atoms with Crippen LogP contribution in [0.25, 0.3) is 0 Å². The summed E-state index contributed by atoms with van der Waals surface area (Å²) >= 11 is 0. The van der Waals surface area contributed by atoms with Crippen LogP contribution in [-0.4, -0.2) is 16.5 Å². The minimum atomic E-state index is 0.107. The van der Waals surface area contributed by atoms with Crippen LogP contribution >= 0.6 is 0 Å². The van der Waals surface area contributed by atoms with Gasteiger partial charge in [-0.15, -0.1) is 0 Å². The lowest BCUT2D eigenvalue weighted by atomic mass is 9.91. The zero-order valence-electron chi connectivity index (χ0n) is 9.75. The van der Waals surface area contributed by atoms with E-state index >= 15 is 0 Å². The van der Waals surface area contributed by atoms with Gasteiger partial charge in [0.15, 0.2) is 0 Å². The van der Waals surface area contributed by atoms with Gasteiger partial charge in [-0.3, -0.25) is 0 Å².